The van der Waals surface area contributed by atoms with Crippen LogP contribution in [-0.4, -0.2) is 34.6 Å². The van der Waals surface area contributed by atoms with Crippen molar-refractivity contribution in [1.29, 1.82) is 0 Å². The summed E-state index contributed by atoms with van der Waals surface area (Å²) in [7, 11) is 0. The molecule has 0 bridgehead atoms. The van der Waals surface area contributed by atoms with E-state index < -0.39 is 6.04 Å². The van der Waals surface area contributed by atoms with Gasteiger partial charge in [-0.1, -0.05) is 55.2 Å². The monoisotopic (exact) mass is 498 g/mol. The van der Waals surface area contributed by atoms with E-state index in [-0.39, 0.29) is 36.0 Å². The zero-order chi connectivity index (χ0) is 23.7. The molecule has 174 valence electrons. The molecular weight excluding hydrogens is 470 g/mol. The van der Waals surface area contributed by atoms with Crippen molar-refractivity contribution >= 4 is 46.8 Å². The highest BCUT2D eigenvalue weighted by molar-refractivity contribution is 7.99. The van der Waals surface area contributed by atoms with Gasteiger partial charge in [-0.05, 0) is 55.2 Å². The smallest absolute Gasteiger partial charge is 0.243 e. The van der Waals surface area contributed by atoms with E-state index in [2.05, 4.69) is 5.32 Å². The average Bonchev–Trinajstić information content (AvgIpc) is 2.77. The first-order valence-corrected chi connectivity index (χ1v) is 12.5. The number of carbonyl (C=O) groups is 2. The van der Waals surface area contributed by atoms with E-state index in [0.29, 0.717) is 22.2 Å². The van der Waals surface area contributed by atoms with Crippen LogP contribution in [0.1, 0.15) is 44.7 Å². The van der Waals surface area contributed by atoms with Crippen molar-refractivity contribution in [3.63, 3.8) is 0 Å². The van der Waals surface area contributed by atoms with Crippen LogP contribution in [-0.2, 0) is 21.9 Å². The molecule has 4 nitrogen and oxygen atoms in total. The third-order valence-electron chi connectivity index (χ3n) is 5.13. The van der Waals surface area contributed by atoms with Crippen LogP contribution in [0, 0.1) is 5.82 Å². The van der Waals surface area contributed by atoms with Gasteiger partial charge < -0.3 is 10.2 Å². The third kappa shape index (κ3) is 7.98. The number of halogens is 3. The topological polar surface area (TPSA) is 49.4 Å². The molecule has 0 unspecified atom stereocenters. The molecule has 0 aliphatic rings. The quantitative estimate of drug-likeness (QED) is 0.407. The Kier molecular flexibility index (Phi) is 10.8. The summed E-state index contributed by atoms with van der Waals surface area (Å²) in [6.45, 7) is 6.08. The van der Waals surface area contributed by atoms with Crippen molar-refractivity contribution in [2.24, 2.45) is 0 Å². The van der Waals surface area contributed by atoms with E-state index in [9.17, 15) is 14.0 Å². The molecular formula is C24H29Cl2FN2O2S. The van der Waals surface area contributed by atoms with E-state index in [1.165, 1.54) is 23.9 Å². The molecule has 0 heterocycles. The van der Waals surface area contributed by atoms with E-state index in [1.807, 2.05) is 20.8 Å². The fraction of sp³-hybridized carbons (Fsp3) is 0.417. The summed E-state index contributed by atoms with van der Waals surface area (Å²) in [6, 6.07) is 10.8. The second-order valence-electron chi connectivity index (χ2n) is 7.63. The highest BCUT2D eigenvalue weighted by atomic mass is 35.5. The Hall–Kier alpha value is -1.76. The van der Waals surface area contributed by atoms with Crippen LogP contribution in [0.4, 0.5) is 4.39 Å². The highest BCUT2D eigenvalue weighted by Crippen LogP contribution is 2.24. The number of hydrogen-bond acceptors (Lipinski definition) is 3. The molecule has 0 aliphatic heterocycles. The molecule has 2 rings (SSSR count). The highest BCUT2D eigenvalue weighted by Gasteiger charge is 2.29. The van der Waals surface area contributed by atoms with Gasteiger partial charge in [0.05, 0.1) is 15.8 Å². The first-order valence-electron chi connectivity index (χ1n) is 10.6. The van der Waals surface area contributed by atoms with Crippen LogP contribution < -0.4 is 5.32 Å². The molecule has 2 aromatic carbocycles. The first kappa shape index (κ1) is 26.5. The molecule has 2 atom stereocenters. The van der Waals surface area contributed by atoms with E-state index in [0.717, 1.165) is 17.5 Å². The largest absolute Gasteiger partial charge is 0.352 e. The molecule has 0 aliphatic carbocycles. The van der Waals surface area contributed by atoms with Crippen LogP contribution in [0.3, 0.4) is 0 Å². The van der Waals surface area contributed by atoms with Crippen molar-refractivity contribution in [3.8, 4) is 0 Å². The molecule has 1 N–H and O–H groups in total. The predicted molar refractivity (Wildman–Crippen MR) is 132 cm³/mol. The predicted octanol–water partition coefficient (Wildman–Crippen LogP) is 6.09. The fourth-order valence-corrected chi connectivity index (χ4v) is 4.31. The lowest BCUT2D eigenvalue weighted by molar-refractivity contribution is -0.139. The number of hydrogen-bond donors (Lipinski definition) is 1. The second-order valence-corrected chi connectivity index (χ2v) is 9.43. The molecule has 0 spiro atoms. The van der Waals surface area contributed by atoms with Gasteiger partial charge in [-0.2, -0.15) is 0 Å². The van der Waals surface area contributed by atoms with E-state index in [1.54, 1.807) is 35.2 Å². The van der Waals surface area contributed by atoms with Gasteiger partial charge in [-0.25, -0.2) is 4.39 Å². The van der Waals surface area contributed by atoms with Crippen molar-refractivity contribution in [2.75, 3.05) is 5.75 Å². The molecule has 8 heteroatoms. The number of nitrogens with one attached hydrogen (secondary N) is 1. The number of carbonyl (C=O) groups excluding carboxylic acids is 2. The minimum atomic E-state index is -0.600. The van der Waals surface area contributed by atoms with Crippen molar-refractivity contribution in [1.82, 2.24) is 10.2 Å². The summed E-state index contributed by atoms with van der Waals surface area (Å²) >= 11 is 13.6. The number of rotatable bonds is 11. The van der Waals surface area contributed by atoms with Crippen molar-refractivity contribution < 1.29 is 14.0 Å². The Bertz CT molecular complexity index is 911. The van der Waals surface area contributed by atoms with Crippen LogP contribution in [0.25, 0.3) is 0 Å². The van der Waals surface area contributed by atoms with Crippen LogP contribution in [0.15, 0.2) is 42.5 Å². The Morgan fingerprint density at radius 3 is 2.28 bits per heavy atom. The third-order valence-corrected chi connectivity index (χ3v) is 6.86. The van der Waals surface area contributed by atoms with Gasteiger partial charge in [0.15, 0.2) is 0 Å². The van der Waals surface area contributed by atoms with Gasteiger partial charge in [0.25, 0.3) is 0 Å². The van der Waals surface area contributed by atoms with Crippen LogP contribution >= 0.6 is 35.0 Å². The zero-order valence-electron chi connectivity index (χ0n) is 18.5. The van der Waals surface area contributed by atoms with Crippen LogP contribution in [0.2, 0.25) is 10.0 Å². The zero-order valence-corrected chi connectivity index (χ0v) is 20.9. The number of thioether (sulfide) groups is 1. The summed E-state index contributed by atoms with van der Waals surface area (Å²) in [4.78, 5) is 27.7. The molecule has 2 amide bonds. The Morgan fingerprint density at radius 1 is 1.03 bits per heavy atom. The maximum atomic E-state index is 13.2. The minimum Gasteiger partial charge on any atom is -0.352 e. The minimum absolute atomic E-state index is 0.0197. The van der Waals surface area contributed by atoms with Gasteiger partial charge >= 0.3 is 0 Å². The second kappa shape index (κ2) is 13.1. The molecule has 0 radical (unpaired) electrons. The van der Waals surface area contributed by atoms with Crippen LogP contribution in [0.5, 0.6) is 0 Å². The molecule has 0 saturated carbocycles. The fourth-order valence-electron chi connectivity index (χ4n) is 3.12. The maximum Gasteiger partial charge on any atom is 0.243 e. The average molecular weight is 499 g/mol. The van der Waals surface area contributed by atoms with Gasteiger partial charge in [-0.15, -0.1) is 11.8 Å². The molecule has 0 saturated heterocycles. The number of nitrogens with zero attached hydrogens (tertiary/aromatic N) is 1. The summed E-state index contributed by atoms with van der Waals surface area (Å²) in [5, 5.41) is 3.82. The molecule has 32 heavy (non-hydrogen) atoms. The Balaban J connectivity index is 2.16. The summed E-state index contributed by atoms with van der Waals surface area (Å²) < 4.78 is 13.1. The summed E-state index contributed by atoms with van der Waals surface area (Å²) in [6.07, 6.45) is 1.29. The SMILES string of the molecule is CC[C@H](C)NC(=O)[C@H](CC)N(Cc1ccc(Cl)c(Cl)c1)C(=O)CSCc1ccc(F)cc1. The standard InChI is InChI=1S/C24H29Cl2FN2O2S/c1-4-16(3)28-24(31)22(5-2)29(13-18-8-11-20(25)21(26)12-18)23(30)15-32-14-17-6-9-19(27)10-7-17/h6-12,16,22H,4-5,13-15H2,1-3H3,(H,28,31)/t16-,22-/m0/s1. The summed E-state index contributed by atoms with van der Waals surface area (Å²) in [5.41, 5.74) is 1.73. The Labute approximate surface area is 203 Å². The number of amides is 2. The molecule has 2 aromatic rings. The summed E-state index contributed by atoms with van der Waals surface area (Å²) in [5.74, 6) is 0.169. The van der Waals surface area contributed by atoms with Gasteiger partial charge in [-0.3, -0.25) is 9.59 Å². The van der Waals surface area contributed by atoms with Gasteiger partial charge in [0.1, 0.15) is 11.9 Å². The Morgan fingerprint density at radius 2 is 1.69 bits per heavy atom. The van der Waals surface area contributed by atoms with E-state index in [4.69, 9.17) is 23.2 Å². The lowest BCUT2D eigenvalue weighted by atomic mass is 10.1. The number of benzene rings is 2. The lowest BCUT2D eigenvalue weighted by Gasteiger charge is -2.31. The van der Waals surface area contributed by atoms with Gasteiger partial charge in [0, 0.05) is 18.3 Å². The molecule has 0 fully saturated rings. The van der Waals surface area contributed by atoms with Crippen molar-refractivity contribution in [2.45, 2.75) is 58.0 Å². The van der Waals surface area contributed by atoms with Gasteiger partial charge in [0.2, 0.25) is 11.8 Å². The maximum absolute atomic E-state index is 13.2. The lowest BCUT2D eigenvalue weighted by Crippen LogP contribution is -2.51. The van der Waals surface area contributed by atoms with E-state index >= 15 is 0 Å². The van der Waals surface area contributed by atoms with Crippen molar-refractivity contribution in [3.05, 3.63) is 69.5 Å². The molecule has 0 aromatic heterocycles. The normalized spacial score (nSPS) is 12.8. The first-order chi connectivity index (χ1) is 15.2.